The molecule has 0 spiro atoms. The van der Waals surface area contributed by atoms with Crippen molar-refractivity contribution in [3.63, 3.8) is 0 Å². The molecule has 0 saturated heterocycles. The van der Waals surface area contributed by atoms with Gasteiger partial charge in [0.05, 0.1) is 18.4 Å². The fraction of sp³-hybridized carbons (Fsp3) is 0.208. The average molecular weight is 496 g/mol. The summed E-state index contributed by atoms with van der Waals surface area (Å²) >= 11 is 0. The predicted octanol–water partition coefficient (Wildman–Crippen LogP) is 4.70. The van der Waals surface area contributed by atoms with Crippen LogP contribution in [-0.2, 0) is 19.5 Å². The topological polar surface area (TPSA) is 101 Å². The highest BCUT2D eigenvalue weighted by molar-refractivity contribution is 5.96. The van der Waals surface area contributed by atoms with Gasteiger partial charge in [0.25, 0.3) is 5.89 Å². The largest absolute Gasteiger partial charge is 0.573 e. The molecule has 0 aliphatic heterocycles. The van der Waals surface area contributed by atoms with Gasteiger partial charge in [-0.05, 0) is 18.2 Å². The van der Waals surface area contributed by atoms with Crippen LogP contribution < -0.4 is 4.74 Å². The lowest BCUT2D eigenvalue weighted by atomic mass is 10.1. The van der Waals surface area contributed by atoms with Gasteiger partial charge in [-0.2, -0.15) is 10.1 Å². The number of fused-ring (bicyclic) bond motifs is 1. The molecule has 0 N–H and O–H groups in total. The summed E-state index contributed by atoms with van der Waals surface area (Å²) in [5.41, 5.74) is 1.53. The standard InChI is InChI=1S/C24H19F3N6O3/c25-24(26,27)35-17-5-3-4-16(14-17)20(34)8-9-21-29-23(36-31-21)22-18-6-1-2-7-19(18)33(30-22)13-12-32-11-10-28-15-32/h1-7,10-11,14-15H,8-9,12-13H2. The van der Waals surface area contributed by atoms with Gasteiger partial charge in [-0.25, -0.2) is 4.98 Å². The number of rotatable bonds is 9. The lowest BCUT2D eigenvalue weighted by molar-refractivity contribution is -0.274. The van der Waals surface area contributed by atoms with Gasteiger partial charge in [0, 0.05) is 42.7 Å². The number of benzene rings is 2. The molecular weight excluding hydrogens is 477 g/mol. The van der Waals surface area contributed by atoms with Crippen molar-refractivity contribution in [2.45, 2.75) is 32.3 Å². The second-order valence-electron chi connectivity index (χ2n) is 7.90. The normalized spacial score (nSPS) is 11.8. The van der Waals surface area contributed by atoms with E-state index in [-0.39, 0.29) is 35.9 Å². The molecule has 184 valence electrons. The number of ether oxygens (including phenoxy) is 1. The predicted molar refractivity (Wildman–Crippen MR) is 121 cm³/mol. The molecule has 36 heavy (non-hydrogen) atoms. The maximum atomic E-state index is 12.5. The van der Waals surface area contributed by atoms with Gasteiger partial charge >= 0.3 is 6.36 Å². The second-order valence-corrected chi connectivity index (χ2v) is 7.90. The quantitative estimate of drug-likeness (QED) is 0.273. The average Bonchev–Trinajstić information content (AvgIpc) is 3.60. The second kappa shape index (κ2) is 9.64. The van der Waals surface area contributed by atoms with Crippen LogP contribution in [0.3, 0.4) is 0 Å². The van der Waals surface area contributed by atoms with E-state index in [2.05, 4.69) is 25.0 Å². The summed E-state index contributed by atoms with van der Waals surface area (Å²) < 4.78 is 50.4. The van der Waals surface area contributed by atoms with Gasteiger partial charge in [0.1, 0.15) is 5.75 Å². The first-order valence-electron chi connectivity index (χ1n) is 11.0. The van der Waals surface area contributed by atoms with Crippen molar-refractivity contribution in [3.05, 3.63) is 78.6 Å². The summed E-state index contributed by atoms with van der Waals surface area (Å²) in [5.74, 6) is -0.317. The summed E-state index contributed by atoms with van der Waals surface area (Å²) in [6.45, 7) is 1.28. The molecule has 2 aromatic carbocycles. The van der Waals surface area contributed by atoms with E-state index in [1.54, 1.807) is 12.5 Å². The Morgan fingerprint density at radius 1 is 1.08 bits per heavy atom. The molecule has 0 bridgehead atoms. The van der Waals surface area contributed by atoms with Crippen LogP contribution in [0, 0.1) is 0 Å². The number of halogens is 3. The third-order valence-corrected chi connectivity index (χ3v) is 5.42. The lowest BCUT2D eigenvalue weighted by Crippen LogP contribution is -2.17. The van der Waals surface area contributed by atoms with Gasteiger partial charge in [0.15, 0.2) is 17.3 Å². The van der Waals surface area contributed by atoms with E-state index in [4.69, 9.17) is 4.52 Å². The first-order chi connectivity index (χ1) is 17.4. The molecule has 0 amide bonds. The van der Waals surface area contributed by atoms with E-state index >= 15 is 0 Å². The van der Waals surface area contributed by atoms with E-state index < -0.39 is 12.1 Å². The summed E-state index contributed by atoms with van der Waals surface area (Å²) in [6, 6.07) is 12.6. The van der Waals surface area contributed by atoms with Crippen molar-refractivity contribution in [1.29, 1.82) is 0 Å². The number of carbonyl (C=O) groups is 1. The number of carbonyl (C=O) groups excluding carboxylic acids is 1. The Morgan fingerprint density at radius 2 is 1.94 bits per heavy atom. The Labute approximate surface area is 202 Å². The number of imidazole rings is 1. The zero-order chi connectivity index (χ0) is 25.1. The van der Waals surface area contributed by atoms with Crippen molar-refractivity contribution in [2.24, 2.45) is 0 Å². The van der Waals surface area contributed by atoms with Gasteiger partial charge in [-0.15, -0.1) is 13.2 Å². The molecule has 9 nitrogen and oxygen atoms in total. The van der Waals surface area contributed by atoms with Crippen LogP contribution in [0.2, 0.25) is 0 Å². The zero-order valence-electron chi connectivity index (χ0n) is 18.7. The number of nitrogens with zero attached hydrogens (tertiary/aromatic N) is 6. The molecule has 0 unspecified atom stereocenters. The molecular formula is C24H19F3N6O3. The Bertz CT molecular complexity index is 1490. The maximum Gasteiger partial charge on any atom is 0.573 e. The van der Waals surface area contributed by atoms with E-state index in [9.17, 15) is 18.0 Å². The molecule has 0 atom stereocenters. The van der Waals surface area contributed by atoms with Crippen LogP contribution in [0.1, 0.15) is 22.6 Å². The molecule has 0 fully saturated rings. The van der Waals surface area contributed by atoms with Gasteiger partial charge in [-0.3, -0.25) is 9.48 Å². The van der Waals surface area contributed by atoms with Crippen LogP contribution in [-0.4, -0.2) is 41.6 Å². The van der Waals surface area contributed by atoms with Crippen molar-refractivity contribution < 1.29 is 27.2 Å². The van der Waals surface area contributed by atoms with Crippen LogP contribution in [0.15, 0.2) is 71.8 Å². The molecule has 3 heterocycles. The minimum Gasteiger partial charge on any atom is -0.406 e. The number of para-hydroxylation sites is 1. The first-order valence-corrected chi connectivity index (χ1v) is 11.0. The molecule has 3 aromatic heterocycles. The smallest absolute Gasteiger partial charge is 0.406 e. The van der Waals surface area contributed by atoms with E-state index in [1.807, 2.05) is 39.7 Å². The van der Waals surface area contributed by atoms with Crippen LogP contribution in [0.4, 0.5) is 13.2 Å². The van der Waals surface area contributed by atoms with Crippen molar-refractivity contribution in [2.75, 3.05) is 0 Å². The summed E-state index contributed by atoms with van der Waals surface area (Å²) in [6.07, 6.45) is 0.611. The molecule has 5 aromatic rings. The number of ketones is 1. The third kappa shape index (κ3) is 5.27. The van der Waals surface area contributed by atoms with E-state index in [1.165, 1.54) is 12.1 Å². The zero-order valence-corrected chi connectivity index (χ0v) is 18.7. The fourth-order valence-corrected chi connectivity index (χ4v) is 3.77. The first kappa shape index (κ1) is 23.3. The Balaban J connectivity index is 1.29. The lowest BCUT2D eigenvalue weighted by Gasteiger charge is -2.09. The summed E-state index contributed by atoms with van der Waals surface area (Å²) in [5, 5.41) is 9.46. The highest BCUT2D eigenvalue weighted by Crippen LogP contribution is 2.27. The van der Waals surface area contributed by atoms with Gasteiger partial charge < -0.3 is 13.8 Å². The van der Waals surface area contributed by atoms with Gasteiger partial charge in [0.2, 0.25) is 0 Å². The number of hydrogen-bond donors (Lipinski definition) is 0. The monoisotopic (exact) mass is 496 g/mol. The molecule has 0 radical (unpaired) electrons. The minimum atomic E-state index is -4.83. The number of aryl methyl sites for hydroxylation is 3. The summed E-state index contributed by atoms with van der Waals surface area (Å²) in [4.78, 5) is 21.0. The Morgan fingerprint density at radius 3 is 2.75 bits per heavy atom. The molecule has 0 aliphatic carbocycles. The number of hydrogen-bond acceptors (Lipinski definition) is 7. The molecule has 5 rings (SSSR count). The maximum absolute atomic E-state index is 12.5. The summed E-state index contributed by atoms with van der Waals surface area (Å²) in [7, 11) is 0. The van der Waals surface area contributed by atoms with Crippen molar-refractivity contribution in [1.82, 2.24) is 29.5 Å². The Kier molecular flexibility index (Phi) is 6.23. The van der Waals surface area contributed by atoms with Crippen LogP contribution >= 0.6 is 0 Å². The van der Waals surface area contributed by atoms with E-state index in [0.717, 1.165) is 23.0 Å². The third-order valence-electron chi connectivity index (χ3n) is 5.42. The molecule has 0 aliphatic rings. The number of aromatic nitrogens is 6. The highest BCUT2D eigenvalue weighted by Gasteiger charge is 2.31. The van der Waals surface area contributed by atoms with Gasteiger partial charge in [-0.1, -0.05) is 35.5 Å². The van der Waals surface area contributed by atoms with Crippen molar-refractivity contribution in [3.8, 4) is 17.3 Å². The minimum absolute atomic E-state index is 0.0193. The van der Waals surface area contributed by atoms with Crippen molar-refractivity contribution >= 4 is 16.7 Å². The molecule has 12 heteroatoms. The van der Waals surface area contributed by atoms with E-state index in [0.29, 0.717) is 18.8 Å². The highest BCUT2D eigenvalue weighted by atomic mass is 19.4. The molecule has 0 saturated carbocycles. The van der Waals surface area contributed by atoms with Crippen LogP contribution in [0.25, 0.3) is 22.5 Å². The Hall–Kier alpha value is -4.48. The SMILES string of the molecule is O=C(CCc1noc(-c2nn(CCn3ccnc3)c3ccccc23)n1)c1cccc(OC(F)(F)F)c1. The number of alkyl halides is 3. The number of Topliss-reactive ketones (excluding diaryl/α,β-unsaturated/α-hetero) is 1. The fourth-order valence-electron chi connectivity index (χ4n) is 3.77. The van der Waals surface area contributed by atoms with Crippen LogP contribution in [0.5, 0.6) is 5.75 Å².